The molecule has 0 aliphatic carbocycles. The summed E-state index contributed by atoms with van der Waals surface area (Å²) in [6.07, 6.45) is 0. The van der Waals surface area contributed by atoms with Gasteiger partial charge in [-0.2, -0.15) is 4.98 Å². The molecule has 0 saturated heterocycles. The first-order valence-corrected chi connectivity index (χ1v) is 8.69. The van der Waals surface area contributed by atoms with Crippen molar-refractivity contribution in [3.05, 3.63) is 59.0 Å². The molecule has 27 heavy (non-hydrogen) atoms. The molecule has 0 spiro atoms. The SMILES string of the molecule is Cc1cc(Nc2ccc3c(c2)OCCO3)nc(Nc2ccc(F)c(Cl)c2)n1. The molecule has 0 bridgehead atoms. The lowest BCUT2D eigenvalue weighted by Crippen LogP contribution is -2.15. The first-order valence-electron chi connectivity index (χ1n) is 8.31. The molecule has 3 aromatic rings. The highest BCUT2D eigenvalue weighted by molar-refractivity contribution is 6.31. The molecule has 2 N–H and O–H groups in total. The Labute approximate surface area is 160 Å². The van der Waals surface area contributed by atoms with Gasteiger partial charge in [0.2, 0.25) is 5.95 Å². The number of fused-ring (bicyclic) bond motifs is 1. The summed E-state index contributed by atoms with van der Waals surface area (Å²) in [6, 6.07) is 11.8. The Morgan fingerprint density at radius 2 is 1.67 bits per heavy atom. The van der Waals surface area contributed by atoms with Gasteiger partial charge < -0.3 is 20.1 Å². The number of benzene rings is 2. The van der Waals surface area contributed by atoms with E-state index in [1.807, 2.05) is 31.2 Å². The Morgan fingerprint density at radius 1 is 0.926 bits per heavy atom. The zero-order valence-corrected chi connectivity index (χ0v) is 15.2. The number of aryl methyl sites for hydroxylation is 1. The lowest BCUT2D eigenvalue weighted by Gasteiger charge is -2.19. The molecule has 2 aromatic carbocycles. The van der Waals surface area contributed by atoms with Crippen LogP contribution in [-0.4, -0.2) is 23.2 Å². The van der Waals surface area contributed by atoms with Gasteiger partial charge in [-0.05, 0) is 37.3 Å². The molecule has 8 heteroatoms. The molecular weight excluding hydrogens is 371 g/mol. The monoisotopic (exact) mass is 386 g/mol. The van der Waals surface area contributed by atoms with Gasteiger partial charge >= 0.3 is 0 Å². The average molecular weight is 387 g/mol. The summed E-state index contributed by atoms with van der Waals surface area (Å²) in [5.41, 5.74) is 2.17. The van der Waals surface area contributed by atoms with Gasteiger partial charge in [-0.1, -0.05) is 11.6 Å². The van der Waals surface area contributed by atoms with Crippen LogP contribution in [0.1, 0.15) is 5.69 Å². The smallest absolute Gasteiger partial charge is 0.229 e. The van der Waals surface area contributed by atoms with Gasteiger partial charge in [0.05, 0.1) is 5.02 Å². The minimum Gasteiger partial charge on any atom is -0.486 e. The molecule has 0 radical (unpaired) electrons. The molecule has 0 saturated carbocycles. The molecular formula is C19H16ClFN4O2. The van der Waals surface area contributed by atoms with Crippen molar-refractivity contribution in [2.75, 3.05) is 23.8 Å². The maximum atomic E-state index is 13.3. The first-order chi connectivity index (χ1) is 13.1. The maximum absolute atomic E-state index is 13.3. The number of hydrogen-bond acceptors (Lipinski definition) is 6. The molecule has 1 aliphatic rings. The zero-order chi connectivity index (χ0) is 18.8. The predicted molar refractivity (Wildman–Crippen MR) is 102 cm³/mol. The lowest BCUT2D eigenvalue weighted by molar-refractivity contribution is 0.171. The second kappa shape index (κ2) is 7.28. The summed E-state index contributed by atoms with van der Waals surface area (Å²) in [7, 11) is 0. The predicted octanol–water partition coefficient (Wildman–Crippen LogP) is 4.84. The lowest BCUT2D eigenvalue weighted by atomic mass is 10.2. The Hall–Kier alpha value is -3.06. The number of aromatic nitrogens is 2. The maximum Gasteiger partial charge on any atom is 0.229 e. The van der Waals surface area contributed by atoms with Crippen molar-refractivity contribution < 1.29 is 13.9 Å². The van der Waals surface area contributed by atoms with E-state index in [9.17, 15) is 4.39 Å². The van der Waals surface area contributed by atoms with Crippen LogP contribution in [0.2, 0.25) is 5.02 Å². The second-order valence-corrected chi connectivity index (χ2v) is 6.36. The Morgan fingerprint density at radius 3 is 2.48 bits per heavy atom. The van der Waals surface area contributed by atoms with E-state index >= 15 is 0 Å². The number of nitrogens with zero attached hydrogens (tertiary/aromatic N) is 2. The fourth-order valence-corrected chi connectivity index (χ4v) is 2.84. The van der Waals surface area contributed by atoms with Crippen molar-refractivity contribution >= 4 is 34.7 Å². The van der Waals surface area contributed by atoms with Crippen LogP contribution in [0.15, 0.2) is 42.5 Å². The zero-order valence-electron chi connectivity index (χ0n) is 14.4. The molecule has 1 aliphatic heterocycles. The first kappa shape index (κ1) is 17.4. The third kappa shape index (κ3) is 4.03. The fraction of sp³-hybridized carbons (Fsp3) is 0.158. The van der Waals surface area contributed by atoms with E-state index < -0.39 is 5.82 Å². The second-order valence-electron chi connectivity index (χ2n) is 5.96. The molecule has 0 unspecified atom stereocenters. The molecule has 138 valence electrons. The number of ether oxygens (including phenoxy) is 2. The summed E-state index contributed by atoms with van der Waals surface area (Å²) in [4.78, 5) is 8.80. The van der Waals surface area contributed by atoms with Crippen molar-refractivity contribution in [3.63, 3.8) is 0 Å². The van der Waals surface area contributed by atoms with E-state index in [1.165, 1.54) is 12.1 Å². The van der Waals surface area contributed by atoms with Crippen LogP contribution in [0.5, 0.6) is 11.5 Å². The number of halogens is 2. The van der Waals surface area contributed by atoms with Crippen LogP contribution < -0.4 is 20.1 Å². The number of nitrogens with one attached hydrogen (secondary N) is 2. The standard InChI is InChI=1S/C19H16ClFN4O2/c1-11-8-18(23-13-3-5-16-17(10-13)27-7-6-26-16)25-19(22-11)24-12-2-4-15(21)14(20)9-12/h2-5,8-10H,6-7H2,1H3,(H2,22,23,24,25). The molecule has 6 nitrogen and oxygen atoms in total. The Bertz CT molecular complexity index is 999. The van der Waals surface area contributed by atoms with E-state index in [4.69, 9.17) is 21.1 Å². The van der Waals surface area contributed by atoms with Gasteiger partial charge in [0.25, 0.3) is 0 Å². The van der Waals surface area contributed by atoms with Crippen molar-refractivity contribution in [1.29, 1.82) is 0 Å². The highest BCUT2D eigenvalue weighted by Crippen LogP contribution is 2.33. The van der Waals surface area contributed by atoms with E-state index in [0.29, 0.717) is 36.4 Å². The highest BCUT2D eigenvalue weighted by Gasteiger charge is 2.12. The molecule has 1 aromatic heterocycles. The van der Waals surface area contributed by atoms with Gasteiger partial charge in [-0.15, -0.1) is 0 Å². The van der Waals surface area contributed by atoms with Gasteiger partial charge in [-0.3, -0.25) is 0 Å². The minimum absolute atomic E-state index is 0.0299. The van der Waals surface area contributed by atoms with E-state index in [1.54, 1.807) is 6.07 Å². The van der Waals surface area contributed by atoms with Crippen molar-refractivity contribution in [3.8, 4) is 11.5 Å². The largest absolute Gasteiger partial charge is 0.486 e. The molecule has 0 fully saturated rings. The van der Waals surface area contributed by atoms with Crippen LogP contribution in [0.25, 0.3) is 0 Å². The van der Waals surface area contributed by atoms with Gasteiger partial charge in [0.1, 0.15) is 24.8 Å². The normalized spacial score (nSPS) is 12.6. The summed E-state index contributed by atoms with van der Waals surface area (Å²) in [5.74, 6) is 1.92. The van der Waals surface area contributed by atoms with Crippen LogP contribution in [0.4, 0.5) is 27.5 Å². The van der Waals surface area contributed by atoms with Gasteiger partial charge in [0.15, 0.2) is 11.5 Å². The van der Waals surface area contributed by atoms with Gasteiger partial charge in [-0.25, -0.2) is 9.37 Å². The third-order valence-electron chi connectivity index (χ3n) is 3.84. The Balaban J connectivity index is 1.56. The van der Waals surface area contributed by atoms with Crippen molar-refractivity contribution in [2.45, 2.75) is 6.92 Å². The van der Waals surface area contributed by atoms with Gasteiger partial charge in [0, 0.05) is 29.2 Å². The third-order valence-corrected chi connectivity index (χ3v) is 4.13. The van der Waals surface area contributed by atoms with E-state index in [-0.39, 0.29) is 5.02 Å². The van der Waals surface area contributed by atoms with E-state index in [0.717, 1.165) is 17.1 Å². The summed E-state index contributed by atoms with van der Waals surface area (Å²) in [6.45, 7) is 2.93. The Kier molecular flexibility index (Phi) is 4.68. The van der Waals surface area contributed by atoms with Crippen LogP contribution in [0.3, 0.4) is 0 Å². The van der Waals surface area contributed by atoms with E-state index in [2.05, 4.69) is 20.6 Å². The summed E-state index contributed by atoms with van der Waals surface area (Å²) in [5, 5.41) is 6.29. The molecule has 0 atom stereocenters. The quantitative estimate of drug-likeness (QED) is 0.669. The van der Waals surface area contributed by atoms with Crippen LogP contribution >= 0.6 is 11.6 Å². The number of hydrogen-bond donors (Lipinski definition) is 2. The summed E-state index contributed by atoms with van der Waals surface area (Å²) < 4.78 is 24.4. The topological polar surface area (TPSA) is 68.3 Å². The molecule has 4 rings (SSSR count). The van der Waals surface area contributed by atoms with Crippen molar-refractivity contribution in [1.82, 2.24) is 9.97 Å². The number of anilines is 4. The van der Waals surface area contributed by atoms with Crippen LogP contribution in [-0.2, 0) is 0 Å². The fourth-order valence-electron chi connectivity index (χ4n) is 2.66. The average Bonchev–Trinajstić information content (AvgIpc) is 2.64. The molecule has 0 amide bonds. The summed E-state index contributed by atoms with van der Waals surface area (Å²) >= 11 is 5.82. The molecule has 2 heterocycles. The highest BCUT2D eigenvalue weighted by atomic mass is 35.5. The minimum atomic E-state index is -0.478. The van der Waals surface area contributed by atoms with Crippen molar-refractivity contribution in [2.24, 2.45) is 0 Å². The van der Waals surface area contributed by atoms with Crippen LogP contribution in [0, 0.1) is 12.7 Å². The number of rotatable bonds is 4.